The summed E-state index contributed by atoms with van der Waals surface area (Å²) in [6.45, 7) is 0.0617. The molecule has 0 saturated heterocycles. The van der Waals surface area contributed by atoms with E-state index < -0.39 is 5.82 Å². The summed E-state index contributed by atoms with van der Waals surface area (Å²) < 4.78 is 18.5. The lowest BCUT2D eigenvalue weighted by Gasteiger charge is -2.07. The Hall–Kier alpha value is -1.62. The largest absolute Gasteiger partial charge is 0.484 e. The minimum Gasteiger partial charge on any atom is -0.484 e. The van der Waals surface area contributed by atoms with Gasteiger partial charge in [0.15, 0.2) is 6.61 Å². The van der Waals surface area contributed by atoms with Crippen LogP contribution in [0.5, 0.6) is 5.75 Å². The highest BCUT2D eigenvalue weighted by atomic mass is 19.1. The molecule has 0 atom stereocenters. The maximum absolute atomic E-state index is 13.3. The lowest BCUT2D eigenvalue weighted by Crippen LogP contribution is -2.30. The summed E-state index contributed by atoms with van der Waals surface area (Å²) >= 11 is 0. The Morgan fingerprint density at radius 1 is 1.53 bits per heavy atom. The van der Waals surface area contributed by atoms with Crippen LogP contribution in [0, 0.1) is 5.82 Å². The SMILES string of the molecule is NCc1ccc(OCC(=O)NC2CC2)cc1F. The Labute approximate surface area is 98.9 Å². The van der Waals surface area contributed by atoms with Gasteiger partial charge in [0, 0.05) is 24.2 Å². The average molecular weight is 238 g/mol. The molecule has 0 bridgehead atoms. The number of amides is 1. The van der Waals surface area contributed by atoms with E-state index in [1.807, 2.05) is 0 Å². The van der Waals surface area contributed by atoms with Crippen molar-refractivity contribution >= 4 is 5.91 Å². The minimum atomic E-state index is -0.410. The van der Waals surface area contributed by atoms with Crippen molar-refractivity contribution in [2.24, 2.45) is 5.73 Å². The average Bonchev–Trinajstić information content (AvgIpc) is 3.10. The summed E-state index contributed by atoms with van der Waals surface area (Å²) in [5.74, 6) is -0.242. The van der Waals surface area contributed by atoms with Crippen molar-refractivity contribution in [1.29, 1.82) is 0 Å². The standard InChI is InChI=1S/C12H15FN2O2/c13-11-5-10(4-1-8(11)6-14)17-7-12(16)15-9-2-3-9/h1,4-5,9H,2-3,6-7,14H2,(H,15,16). The van der Waals surface area contributed by atoms with E-state index in [0.717, 1.165) is 12.8 Å². The first-order chi connectivity index (χ1) is 8.19. The highest BCUT2D eigenvalue weighted by molar-refractivity contribution is 5.78. The number of carbonyl (C=O) groups excluding carboxylic acids is 1. The number of halogens is 1. The van der Waals surface area contributed by atoms with Crippen LogP contribution >= 0.6 is 0 Å². The second-order valence-corrected chi connectivity index (χ2v) is 4.09. The van der Waals surface area contributed by atoms with E-state index in [1.54, 1.807) is 12.1 Å². The third kappa shape index (κ3) is 3.42. The van der Waals surface area contributed by atoms with Crippen LogP contribution in [-0.4, -0.2) is 18.6 Å². The van der Waals surface area contributed by atoms with Crippen LogP contribution in [0.4, 0.5) is 4.39 Å². The predicted octanol–water partition coefficient (Wildman–Crippen LogP) is 0.942. The molecule has 1 aromatic carbocycles. The summed E-state index contributed by atoms with van der Waals surface area (Å²) in [6.07, 6.45) is 2.07. The van der Waals surface area contributed by atoms with Crippen molar-refractivity contribution in [3.8, 4) is 5.75 Å². The van der Waals surface area contributed by atoms with Gasteiger partial charge in [-0.15, -0.1) is 0 Å². The number of ether oxygens (including phenoxy) is 1. The number of nitrogens with two attached hydrogens (primary N) is 1. The fourth-order valence-corrected chi connectivity index (χ4v) is 1.43. The lowest BCUT2D eigenvalue weighted by molar-refractivity contribution is -0.123. The molecule has 2 rings (SSSR count). The van der Waals surface area contributed by atoms with E-state index in [0.29, 0.717) is 17.4 Å². The molecule has 17 heavy (non-hydrogen) atoms. The van der Waals surface area contributed by atoms with Crippen LogP contribution in [0.1, 0.15) is 18.4 Å². The van der Waals surface area contributed by atoms with Crippen LogP contribution in [0.3, 0.4) is 0 Å². The van der Waals surface area contributed by atoms with Crippen molar-refractivity contribution in [2.75, 3.05) is 6.61 Å². The first kappa shape index (κ1) is 11.9. The summed E-state index contributed by atoms with van der Waals surface area (Å²) in [4.78, 5) is 11.3. The first-order valence-corrected chi connectivity index (χ1v) is 5.59. The molecule has 92 valence electrons. The van der Waals surface area contributed by atoms with E-state index in [2.05, 4.69) is 5.32 Å². The molecule has 1 aromatic rings. The van der Waals surface area contributed by atoms with Gasteiger partial charge < -0.3 is 15.8 Å². The molecule has 1 aliphatic carbocycles. The summed E-state index contributed by atoms with van der Waals surface area (Å²) in [6, 6.07) is 4.72. The van der Waals surface area contributed by atoms with Gasteiger partial charge in [-0.2, -0.15) is 0 Å². The third-order valence-corrected chi connectivity index (χ3v) is 2.56. The molecule has 5 heteroatoms. The van der Waals surface area contributed by atoms with Gasteiger partial charge in [-0.3, -0.25) is 4.79 Å². The normalized spacial score (nSPS) is 14.5. The highest BCUT2D eigenvalue weighted by Gasteiger charge is 2.23. The van der Waals surface area contributed by atoms with Crippen LogP contribution < -0.4 is 15.8 Å². The molecular formula is C12H15FN2O2. The van der Waals surface area contributed by atoms with Gasteiger partial charge in [-0.25, -0.2) is 4.39 Å². The molecule has 0 unspecified atom stereocenters. The van der Waals surface area contributed by atoms with Crippen LogP contribution in [0.25, 0.3) is 0 Å². The molecule has 1 saturated carbocycles. The number of hydrogen-bond donors (Lipinski definition) is 2. The van der Waals surface area contributed by atoms with E-state index in [4.69, 9.17) is 10.5 Å². The molecule has 3 N–H and O–H groups in total. The topological polar surface area (TPSA) is 64.3 Å². The molecule has 1 aliphatic rings. The summed E-state index contributed by atoms with van der Waals surface area (Å²) in [5, 5.41) is 2.78. The Kier molecular flexibility index (Phi) is 3.58. The Morgan fingerprint density at radius 3 is 2.88 bits per heavy atom. The second kappa shape index (κ2) is 5.14. The van der Waals surface area contributed by atoms with E-state index >= 15 is 0 Å². The van der Waals surface area contributed by atoms with Crippen LogP contribution in [0.2, 0.25) is 0 Å². The van der Waals surface area contributed by atoms with Gasteiger partial charge >= 0.3 is 0 Å². The maximum atomic E-state index is 13.3. The Balaban J connectivity index is 1.85. The molecule has 0 aliphatic heterocycles. The molecule has 0 spiro atoms. The zero-order valence-electron chi connectivity index (χ0n) is 9.41. The van der Waals surface area contributed by atoms with Crippen molar-refractivity contribution in [2.45, 2.75) is 25.4 Å². The fraction of sp³-hybridized carbons (Fsp3) is 0.417. The number of rotatable bonds is 5. The highest BCUT2D eigenvalue weighted by Crippen LogP contribution is 2.19. The van der Waals surface area contributed by atoms with Crippen LogP contribution in [-0.2, 0) is 11.3 Å². The smallest absolute Gasteiger partial charge is 0.258 e. The maximum Gasteiger partial charge on any atom is 0.258 e. The number of hydrogen-bond acceptors (Lipinski definition) is 3. The van der Waals surface area contributed by atoms with Crippen molar-refractivity contribution in [1.82, 2.24) is 5.32 Å². The molecule has 0 heterocycles. The summed E-state index contributed by atoms with van der Waals surface area (Å²) in [7, 11) is 0. The van der Waals surface area contributed by atoms with Crippen molar-refractivity contribution in [3.63, 3.8) is 0 Å². The second-order valence-electron chi connectivity index (χ2n) is 4.09. The van der Waals surface area contributed by atoms with Gasteiger partial charge in [0.2, 0.25) is 0 Å². The molecule has 0 aromatic heterocycles. The van der Waals surface area contributed by atoms with Gasteiger partial charge in [0.25, 0.3) is 5.91 Å². The van der Waals surface area contributed by atoms with Gasteiger partial charge in [-0.1, -0.05) is 6.07 Å². The monoisotopic (exact) mass is 238 g/mol. The Morgan fingerprint density at radius 2 is 2.29 bits per heavy atom. The van der Waals surface area contributed by atoms with Gasteiger partial charge in [0.1, 0.15) is 11.6 Å². The minimum absolute atomic E-state index is 0.0854. The van der Waals surface area contributed by atoms with Crippen molar-refractivity contribution < 1.29 is 13.9 Å². The first-order valence-electron chi connectivity index (χ1n) is 5.59. The zero-order chi connectivity index (χ0) is 12.3. The molecular weight excluding hydrogens is 223 g/mol. The quantitative estimate of drug-likeness (QED) is 0.802. The predicted molar refractivity (Wildman–Crippen MR) is 61.0 cm³/mol. The van der Waals surface area contributed by atoms with Gasteiger partial charge in [-0.05, 0) is 18.9 Å². The van der Waals surface area contributed by atoms with E-state index in [9.17, 15) is 9.18 Å². The molecule has 4 nitrogen and oxygen atoms in total. The van der Waals surface area contributed by atoms with Gasteiger partial charge in [0.05, 0.1) is 0 Å². The summed E-state index contributed by atoms with van der Waals surface area (Å²) in [5.41, 5.74) is 5.77. The third-order valence-electron chi connectivity index (χ3n) is 2.56. The Bertz CT molecular complexity index is 419. The zero-order valence-corrected chi connectivity index (χ0v) is 9.41. The molecule has 1 amide bonds. The van der Waals surface area contributed by atoms with E-state index in [-0.39, 0.29) is 19.1 Å². The fourth-order valence-electron chi connectivity index (χ4n) is 1.43. The molecule has 1 fully saturated rings. The number of carbonyl (C=O) groups is 1. The lowest BCUT2D eigenvalue weighted by atomic mass is 10.2. The number of benzene rings is 1. The van der Waals surface area contributed by atoms with E-state index in [1.165, 1.54) is 6.07 Å². The molecule has 0 radical (unpaired) electrons. The van der Waals surface area contributed by atoms with Crippen LogP contribution in [0.15, 0.2) is 18.2 Å². The number of nitrogens with one attached hydrogen (secondary N) is 1. The van der Waals surface area contributed by atoms with Crippen molar-refractivity contribution in [3.05, 3.63) is 29.6 Å².